The Hall–Kier alpha value is -6.00. The summed E-state index contributed by atoms with van der Waals surface area (Å²) in [5, 5.41) is 15.2. The van der Waals surface area contributed by atoms with Gasteiger partial charge < -0.3 is 10.3 Å². The van der Waals surface area contributed by atoms with Crippen molar-refractivity contribution >= 4 is 45.4 Å². The van der Waals surface area contributed by atoms with Gasteiger partial charge in [0, 0.05) is 65.2 Å². The van der Waals surface area contributed by atoms with Crippen molar-refractivity contribution in [2.45, 2.75) is 26.7 Å². The van der Waals surface area contributed by atoms with Crippen LogP contribution in [0.1, 0.15) is 33.6 Å². The quantitative estimate of drug-likeness (QED) is 0.183. The fourth-order valence-electron chi connectivity index (χ4n) is 6.26. The lowest BCUT2D eigenvalue weighted by molar-refractivity contribution is 0.250. The average molecular weight is 652 g/mol. The second kappa shape index (κ2) is 12.0. The van der Waals surface area contributed by atoms with Crippen molar-refractivity contribution in [2.24, 2.45) is 0 Å². The highest BCUT2D eigenvalue weighted by Crippen LogP contribution is 2.33. The molecule has 8 rings (SSSR count). The third-order valence-electron chi connectivity index (χ3n) is 8.70. The van der Waals surface area contributed by atoms with Gasteiger partial charge in [-0.2, -0.15) is 9.78 Å². The van der Waals surface area contributed by atoms with Gasteiger partial charge >= 0.3 is 6.03 Å². The second-order valence-electron chi connectivity index (χ2n) is 11.7. The molecule has 236 valence electrons. The van der Waals surface area contributed by atoms with Gasteiger partial charge in [0.05, 0.1) is 17.1 Å². The summed E-state index contributed by atoms with van der Waals surface area (Å²) in [5.74, 6) is 0.617. The minimum atomic E-state index is -0.354. The molecule has 8 aromatic rings. The van der Waals surface area contributed by atoms with E-state index in [1.54, 1.807) is 17.1 Å². The number of aryl methyl sites for hydroxylation is 1. The van der Waals surface area contributed by atoms with Crippen LogP contribution in [0, 0.1) is 13.8 Å². The van der Waals surface area contributed by atoms with E-state index < -0.39 is 0 Å². The number of benzene rings is 2. The summed E-state index contributed by atoms with van der Waals surface area (Å²) in [6, 6.07) is 26.8. The van der Waals surface area contributed by atoms with E-state index in [1.165, 1.54) is 4.68 Å². The monoisotopic (exact) mass is 651 g/mol. The number of hydrogen-bond donors (Lipinski definition) is 2. The fourth-order valence-corrected chi connectivity index (χ4v) is 6.60. The summed E-state index contributed by atoms with van der Waals surface area (Å²) in [6.45, 7) is 3.90. The third kappa shape index (κ3) is 5.12. The molecule has 2 aromatic carbocycles. The summed E-state index contributed by atoms with van der Waals surface area (Å²) in [4.78, 5) is 26.2. The molecule has 6 aromatic heterocycles. The zero-order valence-electron chi connectivity index (χ0n) is 26.2. The van der Waals surface area contributed by atoms with E-state index >= 15 is 0 Å². The average Bonchev–Trinajstić information content (AvgIpc) is 3.86. The molecule has 0 aliphatic heterocycles. The molecule has 10 nitrogen and oxygen atoms in total. The lowest BCUT2D eigenvalue weighted by Crippen LogP contribution is -2.22. The number of halogens is 1. The van der Waals surface area contributed by atoms with Crippen molar-refractivity contribution in [3.63, 3.8) is 0 Å². The molecule has 11 heteroatoms. The Kier molecular flexibility index (Phi) is 7.34. The number of hydrogen-bond acceptors (Lipinski definition) is 5. The number of anilines is 1. The zero-order valence-corrected chi connectivity index (χ0v) is 27.0. The smallest absolute Gasteiger partial charge is 0.346 e. The van der Waals surface area contributed by atoms with E-state index in [1.807, 2.05) is 103 Å². The number of para-hydroxylation sites is 2. The lowest BCUT2D eigenvalue weighted by Gasteiger charge is -2.07. The Morgan fingerprint density at radius 1 is 0.812 bits per heavy atom. The van der Waals surface area contributed by atoms with Crippen molar-refractivity contribution in [2.75, 3.05) is 5.32 Å². The Morgan fingerprint density at radius 2 is 1.52 bits per heavy atom. The summed E-state index contributed by atoms with van der Waals surface area (Å²) >= 11 is 6.98. The number of carbonyl (C=O) groups is 1. The van der Waals surface area contributed by atoms with Crippen LogP contribution in [0.5, 0.6) is 0 Å². The molecular formula is C37H30ClN9O. The third-order valence-corrected chi connectivity index (χ3v) is 9.09. The molecule has 0 saturated heterocycles. The van der Waals surface area contributed by atoms with Gasteiger partial charge in [-0.05, 0) is 73.5 Å². The van der Waals surface area contributed by atoms with Crippen LogP contribution in [0.4, 0.5) is 10.5 Å². The Morgan fingerprint density at radius 3 is 2.31 bits per heavy atom. The van der Waals surface area contributed by atoms with Gasteiger partial charge in [0.1, 0.15) is 16.4 Å². The molecule has 0 aliphatic carbocycles. The van der Waals surface area contributed by atoms with Crippen LogP contribution < -0.4 is 5.32 Å². The molecule has 0 aliphatic rings. The Labute approximate surface area is 280 Å². The number of aromatic nitrogens is 8. The van der Waals surface area contributed by atoms with E-state index in [-0.39, 0.29) is 6.03 Å². The molecule has 0 fully saturated rings. The van der Waals surface area contributed by atoms with E-state index in [9.17, 15) is 4.79 Å². The molecule has 6 heterocycles. The normalized spacial score (nSPS) is 11.5. The minimum Gasteiger partial charge on any atom is -0.346 e. The molecule has 0 unspecified atom stereocenters. The molecule has 0 spiro atoms. The number of carbonyl (C=O) groups excluding carboxylic acids is 1. The fraction of sp³-hybridized carbons (Fsp3) is 0.108. The van der Waals surface area contributed by atoms with Crippen LogP contribution >= 0.6 is 11.6 Å². The first-order chi connectivity index (χ1) is 23.5. The van der Waals surface area contributed by atoms with E-state index in [0.29, 0.717) is 29.5 Å². The highest BCUT2D eigenvalue weighted by Gasteiger charge is 2.25. The molecule has 48 heavy (non-hydrogen) atoms. The first kappa shape index (κ1) is 29.4. The number of fused-ring (bicyclic) bond motifs is 2. The lowest BCUT2D eigenvalue weighted by atomic mass is 10.0. The van der Waals surface area contributed by atoms with Crippen LogP contribution in [0.15, 0.2) is 110 Å². The van der Waals surface area contributed by atoms with Crippen LogP contribution in [-0.2, 0) is 12.8 Å². The Bertz CT molecular complexity index is 2440. The maximum Gasteiger partial charge on any atom is 0.346 e. The number of amides is 1. The molecular weight excluding hydrogens is 622 g/mol. The molecule has 0 atom stereocenters. The van der Waals surface area contributed by atoms with Gasteiger partial charge in [-0.3, -0.25) is 4.57 Å². The number of nitrogens with zero attached hydrogens (tertiary/aromatic N) is 7. The zero-order chi connectivity index (χ0) is 32.8. The number of nitrogens with one attached hydrogen (secondary N) is 2. The van der Waals surface area contributed by atoms with E-state index in [0.717, 1.165) is 61.4 Å². The summed E-state index contributed by atoms with van der Waals surface area (Å²) in [5.41, 5.74) is 8.56. The standard InChI is InChI=1S/C37H30ClN9O/c1-23-31(33(38)47(43-23)28-13-7-4-8-14-28)20-26-22-45(35-30(26)16-10-18-40-35)36-32(19-25-21-41-34-29(25)15-9-17-39-34)24(2)46(44-36)37(48)42-27-11-5-3-6-12-27/h3-18,21-22H,19-20H2,1-2H3,(H,39,41)(H,42,48). The topological polar surface area (TPSA) is 111 Å². The first-order valence-corrected chi connectivity index (χ1v) is 15.9. The van der Waals surface area contributed by atoms with Crippen molar-refractivity contribution in [1.29, 1.82) is 0 Å². The number of aromatic amines is 1. The van der Waals surface area contributed by atoms with Crippen LogP contribution in [-0.4, -0.2) is 45.1 Å². The Balaban J connectivity index is 1.25. The van der Waals surface area contributed by atoms with Crippen molar-refractivity contribution in [1.82, 2.24) is 39.1 Å². The maximum atomic E-state index is 13.7. The highest BCUT2D eigenvalue weighted by atomic mass is 35.5. The molecule has 1 amide bonds. The highest BCUT2D eigenvalue weighted by molar-refractivity contribution is 6.30. The molecule has 2 N–H and O–H groups in total. The van der Waals surface area contributed by atoms with Crippen molar-refractivity contribution in [3.05, 3.63) is 149 Å². The summed E-state index contributed by atoms with van der Waals surface area (Å²) in [7, 11) is 0. The number of H-pyrrole nitrogens is 1. The van der Waals surface area contributed by atoms with E-state index in [4.69, 9.17) is 26.8 Å². The van der Waals surface area contributed by atoms with Crippen LogP contribution in [0.25, 0.3) is 33.6 Å². The SMILES string of the molecule is Cc1nn(-c2ccccc2)c(Cl)c1Cc1cn(-c2nn(C(=O)Nc3ccccc3)c(C)c2Cc2c[nH]c3ncccc23)c2ncccc12. The van der Waals surface area contributed by atoms with Gasteiger partial charge in [0.15, 0.2) is 5.82 Å². The van der Waals surface area contributed by atoms with Crippen molar-refractivity contribution in [3.8, 4) is 11.5 Å². The number of pyridine rings is 2. The maximum absolute atomic E-state index is 13.7. The van der Waals surface area contributed by atoms with Crippen LogP contribution in [0.2, 0.25) is 5.15 Å². The number of rotatable bonds is 7. The predicted molar refractivity (Wildman–Crippen MR) is 187 cm³/mol. The van der Waals surface area contributed by atoms with Gasteiger partial charge in [-0.1, -0.05) is 48.0 Å². The van der Waals surface area contributed by atoms with E-state index in [2.05, 4.69) is 27.5 Å². The van der Waals surface area contributed by atoms with Gasteiger partial charge in [-0.15, -0.1) is 5.10 Å². The summed E-state index contributed by atoms with van der Waals surface area (Å²) < 4.78 is 5.19. The molecule has 0 saturated carbocycles. The molecule has 0 bridgehead atoms. The second-order valence-corrected chi connectivity index (χ2v) is 12.0. The van der Waals surface area contributed by atoms with Gasteiger partial charge in [0.25, 0.3) is 0 Å². The summed E-state index contributed by atoms with van der Waals surface area (Å²) in [6.07, 6.45) is 8.60. The first-order valence-electron chi connectivity index (χ1n) is 15.6. The predicted octanol–water partition coefficient (Wildman–Crippen LogP) is 7.82. The van der Waals surface area contributed by atoms with Crippen molar-refractivity contribution < 1.29 is 4.79 Å². The minimum absolute atomic E-state index is 0.354. The van der Waals surface area contributed by atoms with Gasteiger partial charge in [-0.25, -0.2) is 19.4 Å². The molecule has 0 radical (unpaired) electrons. The largest absolute Gasteiger partial charge is 0.346 e. The van der Waals surface area contributed by atoms with Crippen LogP contribution in [0.3, 0.4) is 0 Å². The van der Waals surface area contributed by atoms with Gasteiger partial charge in [0.2, 0.25) is 0 Å².